The van der Waals surface area contributed by atoms with Gasteiger partial charge in [-0.2, -0.15) is 0 Å². The van der Waals surface area contributed by atoms with Crippen molar-refractivity contribution >= 4 is 34.2 Å². The van der Waals surface area contributed by atoms with E-state index >= 15 is 0 Å². The van der Waals surface area contributed by atoms with Crippen LogP contribution in [-0.2, 0) is 6.42 Å². The number of aryl methyl sites for hydroxylation is 1. The number of urea groups is 1. The summed E-state index contributed by atoms with van der Waals surface area (Å²) in [6, 6.07) is 2.38. The van der Waals surface area contributed by atoms with Crippen molar-refractivity contribution < 1.29 is 14.7 Å². The smallest absolute Gasteiger partial charge is 0.356 e. The first-order valence-corrected chi connectivity index (χ1v) is 6.50. The number of carbonyl (C=O) groups excluding carboxylic acids is 1. The SMILES string of the molecule is CCc1nnc(NC(=O)Nc2cccnc2C(=O)O)s1. The predicted molar refractivity (Wildman–Crippen MR) is 73.1 cm³/mol. The summed E-state index contributed by atoms with van der Waals surface area (Å²) in [5.41, 5.74) is -0.119. The number of pyridine rings is 1. The molecule has 2 amide bonds. The molecule has 0 unspecified atom stereocenters. The topological polar surface area (TPSA) is 117 Å². The minimum Gasteiger partial charge on any atom is -0.476 e. The number of rotatable bonds is 4. The van der Waals surface area contributed by atoms with Gasteiger partial charge in [0.05, 0.1) is 5.69 Å². The quantitative estimate of drug-likeness (QED) is 0.791. The average molecular weight is 293 g/mol. The molecule has 2 heterocycles. The molecule has 20 heavy (non-hydrogen) atoms. The van der Waals surface area contributed by atoms with Crippen LogP contribution >= 0.6 is 11.3 Å². The van der Waals surface area contributed by atoms with Gasteiger partial charge in [0.15, 0.2) is 5.69 Å². The number of aromatic nitrogens is 3. The highest BCUT2D eigenvalue weighted by Crippen LogP contribution is 2.17. The zero-order chi connectivity index (χ0) is 14.5. The summed E-state index contributed by atoms with van der Waals surface area (Å²) in [4.78, 5) is 26.4. The number of nitrogens with one attached hydrogen (secondary N) is 2. The van der Waals surface area contributed by atoms with Crippen LogP contribution in [-0.4, -0.2) is 32.3 Å². The molecule has 0 aromatic carbocycles. The molecule has 2 aromatic rings. The van der Waals surface area contributed by atoms with Gasteiger partial charge in [-0.1, -0.05) is 18.3 Å². The van der Waals surface area contributed by atoms with Crippen molar-refractivity contribution in [2.75, 3.05) is 10.6 Å². The van der Waals surface area contributed by atoms with Crippen molar-refractivity contribution in [2.45, 2.75) is 13.3 Å². The molecule has 0 aliphatic rings. The maximum Gasteiger partial charge on any atom is 0.356 e. The molecule has 9 heteroatoms. The molecule has 0 aliphatic heterocycles. The monoisotopic (exact) mass is 293 g/mol. The van der Waals surface area contributed by atoms with Crippen LogP contribution in [0, 0.1) is 0 Å². The number of carboxylic acids is 1. The van der Waals surface area contributed by atoms with Gasteiger partial charge in [-0.3, -0.25) is 5.32 Å². The van der Waals surface area contributed by atoms with Crippen LogP contribution in [0.15, 0.2) is 18.3 Å². The zero-order valence-electron chi connectivity index (χ0n) is 10.5. The van der Waals surface area contributed by atoms with E-state index in [1.807, 2.05) is 6.92 Å². The molecule has 2 rings (SSSR count). The Hall–Kier alpha value is -2.55. The summed E-state index contributed by atoms with van der Waals surface area (Å²) in [6.07, 6.45) is 2.07. The average Bonchev–Trinajstić information content (AvgIpc) is 2.86. The van der Waals surface area contributed by atoms with Crippen molar-refractivity contribution in [3.8, 4) is 0 Å². The van der Waals surface area contributed by atoms with Crippen LogP contribution in [0.2, 0.25) is 0 Å². The van der Waals surface area contributed by atoms with Crippen LogP contribution in [0.4, 0.5) is 15.6 Å². The standard InChI is InChI=1S/C11H11N5O3S/c1-2-7-15-16-11(20-7)14-10(19)13-6-4-3-5-12-8(6)9(17)18/h3-5H,2H2,1H3,(H,17,18)(H2,13,14,16,19). The van der Waals surface area contributed by atoms with E-state index in [0.717, 1.165) is 11.4 Å². The summed E-state index contributed by atoms with van der Waals surface area (Å²) < 4.78 is 0. The third-order valence-electron chi connectivity index (χ3n) is 2.25. The fraction of sp³-hybridized carbons (Fsp3) is 0.182. The van der Waals surface area contributed by atoms with Crippen molar-refractivity contribution in [3.05, 3.63) is 29.0 Å². The fourth-order valence-electron chi connectivity index (χ4n) is 1.37. The number of nitrogens with zero attached hydrogens (tertiary/aromatic N) is 3. The Morgan fingerprint density at radius 2 is 2.15 bits per heavy atom. The Kier molecular flexibility index (Phi) is 4.20. The fourth-order valence-corrected chi connectivity index (χ4v) is 2.05. The highest BCUT2D eigenvalue weighted by Gasteiger charge is 2.14. The zero-order valence-corrected chi connectivity index (χ0v) is 11.3. The van der Waals surface area contributed by atoms with Crippen molar-refractivity contribution in [3.63, 3.8) is 0 Å². The molecule has 0 fully saturated rings. The number of amides is 2. The molecule has 0 spiro atoms. The normalized spacial score (nSPS) is 10.1. The van der Waals surface area contributed by atoms with Crippen LogP contribution in [0.5, 0.6) is 0 Å². The minimum atomic E-state index is -1.22. The molecular weight excluding hydrogens is 282 g/mol. The van der Waals surface area contributed by atoms with Crippen LogP contribution in [0.25, 0.3) is 0 Å². The maximum absolute atomic E-state index is 11.8. The molecular formula is C11H11N5O3S. The van der Waals surface area contributed by atoms with Crippen molar-refractivity contribution in [1.29, 1.82) is 0 Å². The molecule has 3 N–H and O–H groups in total. The van der Waals surface area contributed by atoms with Gasteiger partial charge < -0.3 is 10.4 Å². The summed E-state index contributed by atoms with van der Waals surface area (Å²) in [6.45, 7) is 1.93. The second-order valence-electron chi connectivity index (χ2n) is 3.64. The van der Waals surface area contributed by atoms with E-state index in [0.29, 0.717) is 5.13 Å². The van der Waals surface area contributed by atoms with Gasteiger partial charge >= 0.3 is 12.0 Å². The summed E-state index contributed by atoms with van der Waals surface area (Å²) in [5.74, 6) is -1.22. The molecule has 0 radical (unpaired) electrons. The lowest BCUT2D eigenvalue weighted by Crippen LogP contribution is -2.21. The van der Waals surface area contributed by atoms with E-state index in [-0.39, 0.29) is 11.4 Å². The van der Waals surface area contributed by atoms with Crippen molar-refractivity contribution in [2.24, 2.45) is 0 Å². The maximum atomic E-state index is 11.8. The Morgan fingerprint density at radius 1 is 1.35 bits per heavy atom. The highest BCUT2D eigenvalue weighted by molar-refractivity contribution is 7.15. The van der Waals surface area contributed by atoms with E-state index in [9.17, 15) is 9.59 Å². The van der Waals surface area contributed by atoms with Gasteiger partial charge in [-0.15, -0.1) is 10.2 Å². The highest BCUT2D eigenvalue weighted by atomic mass is 32.1. The van der Waals surface area contributed by atoms with Crippen LogP contribution in [0.3, 0.4) is 0 Å². The number of carboxylic acid groups (broad SMARTS) is 1. The minimum absolute atomic E-state index is 0.109. The molecule has 104 valence electrons. The van der Waals surface area contributed by atoms with E-state index in [1.54, 1.807) is 0 Å². The van der Waals surface area contributed by atoms with E-state index < -0.39 is 12.0 Å². The third kappa shape index (κ3) is 3.26. The van der Waals surface area contributed by atoms with Gasteiger partial charge in [0.1, 0.15) is 5.01 Å². The van der Waals surface area contributed by atoms with Crippen LogP contribution in [0.1, 0.15) is 22.4 Å². The first-order chi connectivity index (χ1) is 9.60. The Labute approximate surface area is 117 Å². The van der Waals surface area contributed by atoms with Gasteiger partial charge in [0.25, 0.3) is 0 Å². The second kappa shape index (κ2) is 6.06. The second-order valence-corrected chi connectivity index (χ2v) is 4.70. The van der Waals surface area contributed by atoms with Gasteiger partial charge in [0, 0.05) is 6.20 Å². The van der Waals surface area contributed by atoms with Crippen LogP contribution < -0.4 is 10.6 Å². The first-order valence-electron chi connectivity index (χ1n) is 5.69. The molecule has 0 bridgehead atoms. The van der Waals surface area contributed by atoms with Crippen molar-refractivity contribution in [1.82, 2.24) is 15.2 Å². The molecule has 0 aliphatic carbocycles. The Bertz CT molecular complexity index is 642. The third-order valence-corrected chi connectivity index (χ3v) is 3.23. The van der Waals surface area contributed by atoms with Gasteiger partial charge in [-0.05, 0) is 18.6 Å². The van der Waals surface area contributed by atoms with E-state index in [4.69, 9.17) is 5.11 Å². The first kappa shape index (κ1) is 13.9. The molecule has 8 nitrogen and oxygen atoms in total. The van der Waals surface area contributed by atoms with E-state index in [1.165, 1.54) is 29.7 Å². The summed E-state index contributed by atoms with van der Waals surface area (Å²) >= 11 is 1.26. The molecule has 0 saturated heterocycles. The van der Waals surface area contributed by atoms with Gasteiger partial charge in [-0.25, -0.2) is 14.6 Å². The lowest BCUT2D eigenvalue weighted by molar-refractivity contribution is 0.0692. The Balaban J connectivity index is 2.06. The number of carbonyl (C=O) groups is 2. The lowest BCUT2D eigenvalue weighted by Gasteiger charge is -2.06. The van der Waals surface area contributed by atoms with Gasteiger partial charge in [0.2, 0.25) is 5.13 Å². The molecule has 0 atom stereocenters. The largest absolute Gasteiger partial charge is 0.476 e. The number of aromatic carboxylic acids is 1. The predicted octanol–water partition coefficient (Wildman–Crippen LogP) is 1.84. The molecule has 0 saturated carbocycles. The lowest BCUT2D eigenvalue weighted by atomic mass is 10.3. The summed E-state index contributed by atoms with van der Waals surface area (Å²) in [5, 5.41) is 22.6. The summed E-state index contributed by atoms with van der Waals surface area (Å²) in [7, 11) is 0. The number of hydrogen-bond donors (Lipinski definition) is 3. The number of hydrogen-bond acceptors (Lipinski definition) is 6. The number of anilines is 2. The van der Waals surface area contributed by atoms with E-state index in [2.05, 4.69) is 25.8 Å². The molecule has 2 aromatic heterocycles. The Morgan fingerprint density at radius 3 is 2.80 bits per heavy atom.